The molecule has 0 spiro atoms. The lowest BCUT2D eigenvalue weighted by Gasteiger charge is -2.32. The molecule has 2 saturated heterocycles. The van der Waals surface area contributed by atoms with Crippen LogP contribution in [0.4, 0.5) is 0 Å². The van der Waals surface area contributed by atoms with Crippen LogP contribution in [-0.4, -0.2) is 55.1 Å². The predicted octanol–water partition coefficient (Wildman–Crippen LogP) is 2.44. The van der Waals surface area contributed by atoms with Crippen LogP contribution in [-0.2, 0) is 6.54 Å². The third kappa shape index (κ3) is 3.59. The Morgan fingerprint density at radius 1 is 1.14 bits per heavy atom. The van der Waals surface area contributed by atoms with E-state index in [4.69, 9.17) is 11.6 Å². The topological polar surface area (TPSA) is 18.5 Å². The molecular weight excluding hydrogens is 282 g/mol. The number of benzene rings is 1. The van der Waals surface area contributed by atoms with Crippen LogP contribution in [0.1, 0.15) is 23.1 Å². The van der Waals surface area contributed by atoms with Crippen molar-refractivity contribution in [3.05, 3.63) is 33.8 Å². The Bertz CT molecular complexity index is 474. The van der Waals surface area contributed by atoms with Crippen molar-refractivity contribution in [1.82, 2.24) is 15.1 Å². The second-order valence-electron chi connectivity index (χ2n) is 6.48. The van der Waals surface area contributed by atoms with Crippen LogP contribution in [0.25, 0.3) is 0 Å². The Morgan fingerprint density at radius 2 is 1.81 bits per heavy atom. The van der Waals surface area contributed by atoms with E-state index in [9.17, 15) is 0 Å². The number of likely N-dealkylation sites (tertiary alicyclic amines) is 1. The first-order chi connectivity index (χ1) is 10.1. The zero-order valence-electron chi connectivity index (χ0n) is 13.2. The van der Waals surface area contributed by atoms with E-state index in [0.29, 0.717) is 0 Å². The molecule has 0 radical (unpaired) electrons. The van der Waals surface area contributed by atoms with Gasteiger partial charge < -0.3 is 5.32 Å². The number of aryl methyl sites for hydroxylation is 2. The zero-order chi connectivity index (χ0) is 14.8. The SMILES string of the molecule is Cc1cc(Cl)cc(C)c1CN1CCC(N2CCNCC2)C1. The van der Waals surface area contributed by atoms with Gasteiger partial charge in [0.25, 0.3) is 0 Å². The first kappa shape index (κ1) is 15.3. The fourth-order valence-corrected chi connectivity index (χ4v) is 4.04. The second kappa shape index (κ2) is 6.66. The molecule has 116 valence electrons. The van der Waals surface area contributed by atoms with E-state index in [-0.39, 0.29) is 0 Å². The molecule has 4 heteroatoms. The largest absolute Gasteiger partial charge is 0.314 e. The van der Waals surface area contributed by atoms with Crippen LogP contribution in [0.2, 0.25) is 5.02 Å². The van der Waals surface area contributed by atoms with Crippen molar-refractivity contribution in [2.24, 2.45) is 0 Å². The van der Waals surface area contributed by atoms with Crippen LogP contribution in [0.3, 0.4) is 0 Å². The van der Waals surface area contributed by atoms with Crippen molar-refractivity contribution in [2.75, 3.05) is 39.3 Å². The summed E-state index contributed by atoms with van der Waals surface area (Å²) in [5, 5.41) is 4.30. The van der Waals surface area contributed by atoms with E-state index in [1.54, 1.807) is 0 Å². The molecule has 0 bridgehead atoms. The van der Waals surface area contributed by atoms with Gasteiger partial charge in [-0.1, -0.05) is 11.6 Å². The number of hydrogen-bond acceptors (Lipinski definition) is 3. The maximum Gasteiger partial charge on any atom is 0.0411 e. The smallest absolute Gasteiger partial charge is 0.0411 e. The van der Waals surface area contributed by atoms with Gasteiger partial charge in [-0.15, -0.1) is 0 Å². The minimum absolute atomic E-state index is 0.750. The Balaban J connectivity index is 1.62. The zero-order valence-corrected chi connectivity index (χ0v) is 13.9. The van der Waals surface area contributed by atoms with E-state index >= 15 is 0 Å². The molecule has 1 N–H and O–H groups in total. The number of piperazine rings is 1. The lowest BCUT2D eigenvalue weighted by Crippen LogP contribution is -2.49. The predicted molar refractivity (Wildman–Crippen MR) is 89.1 cm³/mol. The van der Waals surface area contributed by atoms with Crippen LogP contribution < -0.4 is 5.32 Å². The van der Waals surface area contributed by atoms with Crippen molar-refractivity contribution < 1.29 is 0 Å². The van der Waals surface area contributed by atoms with Crippen molar-refractivity contribution in [1.29, 1.82) is 0 Å². The van der Waals surface area contributed by atoms with E-state index in [0.717, 1.165) is 30.7 Å². The van der Waals surface area contributed by atoms with Gasteiger partial charge in [-0.25, -0.2) is 0 Å². The molecule has 21 heavy (non-hydrogen) atoms. The summed E-state index contributed by atoms with van der Waals surface area (Å²) in [6, 6.07) is 4.93. The minimum atomic E-state index is 0.750. The highest BCUT2D eigenvalue weighted by Gasteiger charge is 2.28. The number of rotatable bonds is 3. The molecule has 0 amide bonds. The van der Waals surface area contributed by atoms with Crippen LogP contribution in [0.5, 0.6) is 0 Å². The molecule has 0 aromatic heterocycles. The van der Waals surface area contributed by atoms with Gasteiger partial charge in [-0.05, 0) is 49.1 Å². The highest BCUT2D eigenvalue weighted by Crippen LogP contribution is 2.24. The molecule has 3 nitrogen and oxygen atoms in total. The quantitative estimate of drug-likeness (QED) is 0.925. The van der Waals surface area contributed by atoms with Crippen molar-refractivity contribution >= 4 is 11.6 Å². The van der Waals surface area contributed by atoms with Crippen molar-refractivity contribution in [2.45, 2.75) is 32.9 Å². The summed E-state index contributed by atoms with van der Waals surface area (Å²) in [6.45, 7) is 12.6. The average molecular weight is 308 g/mol. The van der Waals surface area contributed by atoms with E-state index in [1.165, 1.54) is 49.3 Å². The van der Waals surface area contributed by atoms with Gasteiger partial charge in [0.05, 0.1) is 0 Å². The highest BCUT2D eigenvalue weighted by molar-refractivity contribution is 6.30. The molecular formula is C17H26ClN3. The maximum atomic E-state index is 6.14. The normalized spacial score (nSPS) is 24.6. The van der Waals surface area contributed by atoms with Crippen LogP contribution in [0.15, 0.2) is 12.1 Å². The van der Waals surface area contributed by atoms with Gasteiger partial charge in [0.15, 0.2) is 0 Å². The Kier molecular flexibility index (Phi) is 4.85. The lowest BCUT2D eigenvalue weighted by molar-refractivity contribution is 0.170. The molecule has 1 unspecified atom stereocenters. The summed E-state index contributed by atoms with van der Waals surface area (Å²) in [4.78, 5) is 5.27. The Hall–Kier alpha value is -0.610. The third-order valence-electron chi connectivity index (χ3n) is 4.96. The molecule has 0 saturated carbocycles. The molecule has 3 rings (SSSR count). The summed E-state index contributed by atoms with van der Waals surface area (Å²) in [5.41, 5.74) is 4.11. The van der Waals surface area contributed by atoms with Gasteiger partial charge in [-0.2, -0.15) is 0 Å². The van der Waals surface area contributed by atoms with Crippen molar-refractivity contribution in [3.63, 3.8) is 0 Å². The Morgan fingerprint density at radius 3 is 2.48 bits per heavy atom. The minimum Gasteiger partial charge on any atom is -0.314 e. The summed E-state index contributed by atoms with van der Waals surface area (Å²) in [7, 11) is 0. The standard InChI is InChI=1S/C17H26ClN3/c1-13-9-15(18)10-14(2)17(13)12-20-6-3-16(11-20)21-7-4-19-5-8-21/h9-10,16,19H,3-8,11-12H2,1-2H3. The molecule has 2 heterocycles. The fourth-order valence-electron chi connectivity index (χ4n) is 3.71. The molecule has 1 atom stereocenters. The second-order valence-corrected chi connectivity index (χ2v) is 6.92. The molecule has 1 aromatic rings. The number of hydrogen-bond donors (Lipinski definition) is 1. The number of nitrogens with zero attached hydrogens (tertiary/aromatic N) is 2. The van der Waals surface area contributed by atoms with Crippen molar-refractivity contribution in [3.8, 4) is 0 Å². The molecule has 2 aliphatic heterocycles. The number of halogens is 1. The van der Waals surface area contributed by atoms with E-state index in [2.05, 4.69) is 41.1 Å². The fraction of sp³-hybridized carbons (Fsp3) is 0.647. The van der Waals surface area contributed by atoms with E-state index < -0.39 is 0 Å². The number of nitrogens with one attached hydrogen (secondary N) is 1. The first-order valence-corrected chi connectivity index (χ1v) is 8.44. The van der Waals surface area contributed by atoms with Gasteiger partial charge in [0.2, 0.25) is 0 Å². The van der Waals surface area contributed by atoms with Gasteiger partial charge in [0.1, 0.15) is 0 Å². The summed E-state index contributed by atoms with van der Waals surface area (Å²) >= 11 is 6.14. The highest BCUT2D eigenvalue weighted by atomic mass is 35.5. The molecule has 2 fully saturated rings. The maximum absolute atomic E-state index is 6.14. The molecule has 2 aliphatic rings. The van der Waals surface area contributed by atoms with E-state index in [1.807, 2.05) is 0 Å². The molecule has 0 aliphatic carbocycles. The molecule has 1 aromatic carbocycles. The average Bonchev–Trinajstić information content (AvgIpc) is 2.92. The van der Waals surface area contributed by atoms with Gasteiger partial charge in [0, 0.05) is 56.9 Å². The van der Waals surface area contributed by atoms with Crippen LogP contribution in [0, 0.1) is 13.8 Å². The Labute approximate surface area is 133 Å². The summed E-state index contributed by atoms with van der Waals surface area (Å²) < 4.78 is 0. The van der Waals surface area contributed by atoms with Crippen LogP contribution >= 0.6 is 11.6 Å². The monoisotopic (exact) mass is 307 g/mol. The summed E-state index contributed by atoms with van der Waals surface area (Å²) in [6.07, 6.45) is 1.31. The van der Waals surface area contributed by atoms with Gasteiger partial charge >= 0.3 is 0 Å². The third-order valence-corrected chi connectivity index (χ3v) is 5.18. The van der Waals surface area contributed by atoms with Gasteiger partial charge in [-0.3, -0.25) is 9.80 Å². The lowest BCUT2D eigenvalue weighted by atomic mass is 10.0. The first-order valence-electron chi connectivity index (χ1n) is 8.06. The summed E-state index contributed by atoms with van der Waals surface area (Å²) in [5.74, 6) is 0.